The van der Waals surface area contributed by atoms with Gasteiger partial charge in [0.2, 0.25) is 0 Å². The molecule has 7 heteroatoms. The summed E-state index contributed by atoms with van der Waals surface area (Å²) in [5.74, 6) is -1.10. The number of ether oxygens (including phenoxy) is 1. The summed E-state index contributed by atoms with van der Waals surface area (Å²) < 4.78 is 19.0. The van der Waals surface area contributed by atoms with E-state index in [4.69, 9.17) is 17.3 Å². The van der Waals surface area contributed by atoms with Crippen LogP contribution in [-0.4, -0.2) is 22.6 Å². The molecular formula is C11H9ClFN3O2. The van der Waals surface area contributed by atoms with Crippen molar-refractivity contribution in [1.82, 2.24) is 9.55 Å². The van der Waals surface area contributed by atoms with E-state index >= 15 is 0 Å². The quantitative estimate of drug-likeness (QED) is 0.847. The zero-order valence-corrected chi connectivity index (χ0v) is 10.1. The highest BCUT2D eigenvalue weighted by molar-refractivity contribution is 6.32. The minimum Gasteiger partial charge on any atom is -0.464 e. The summed E-state index contributed by atoms with van der Waals surface area (Å²) in [6, 6.07) is 3.81. The van der Waals surface area contributed by atoms with Gasteiger partial charge in [-0.1, -0.05) is 11.6 Å². The first-order valence-electron chi connectivity index (χ1n) is 4.91. The molecule has 0 radical (unpaired) electrons. The van der Waals surface area contributed by atoms with Crippen LogP contribution in [0.3, 0.4) is 0 Å². The molecule has 18 heavy (non-hydrogen) atoms. The fourth-order valence-corrected chi connectivity index (χ4v) is 1.68. The van der Waals surface area contributed by atoms with E-state index in [2.05, 4.69) is 9.72 Å². The van der Waals surface area contributed by atoms with Crippen molar-refractivity contribution < 1.29 is 13.9 Å². The average molecular weight is 270 g/mol. The first kappa shape index (κ1) is 12.4. The third-order valence-electron chi connectivity index (χ3n) is 2.35. The molecule has 1 aromatic carbocycles. The van der Waals surface area contributed by atoms with E-state index in [-0.39, 0.29) is 16.5 Å². The van der Waals surface area contributed by atoms with E-state index in [1.165, 1.54) is 36.2 Å². The molecule has 2 N–H and O–H groups in total. The fraction of sp³-hybridized carbons (Fsp3) is 0.0909. The van der Waals surface area contributed by atoms with Crippen molar-refractivity contribution in [2.45, 2.75) is 0 Å². The molecule has 0 aliphatic rings. The van der Waals surface area contributed by atoms with Crippen molar-refractivity contribution >= 4 is 23.4 Å². The number of nitrogens with zero attached hydrogens (tertiary/aromatic N) is 2. The van der Waals surface area contributed by atoms with Crippen LogP contribution in [0.5, 0.6) is 0 Å². The fourth-order valence-electron chi connectivity index (χ4n) is 1.47. The van der Waals surface area contributed by atoms with Crippen molar-refractivity contribution in [2.75, 3.05) is 12.8 Å². The Bertz CT molecular complexity index is 612. The van der Waals surface area contributed by atoms with E-state index in [1.54, 1.807) is 0 Å². The maximum atomic E-state index is 13.2. The number of carbonyl (C=O) groups excluding carboxylic acids is 1. The van der Waals surface area contributed by atoms with Crippen LogP contribution in [0.2, 0.25) is 5.02 Å². The summed E-state index contributed by atoms with van der Waals surface area (Å²) in [6.07, 6.45) is 1.28. The third-order valence-corrected chi connectivity index (χ3v) is 2.67. The largest absolute Gasteiger partial charge is 0.464 e. The lowest BCUT2D eigenvalue weighted by atomic mass is 10.3. The Morgan fingerprint density at radius 1 is 1.56 bits per heavy atom. The zero-order valence-electron chi connectivity index (χ0n) is 9.35. The minimum atomic E-state index is -0.668. The Kier molecular flexibility index (Phi) is 3.20. The summed E-state index contributed by atoms with van der Waals surface area (Å²) in [7, 11) is 1.22. The SMILES string of the molecule is COC(=O)c1ncn(-c2cc(F)ccc2Cl)c1N. The lowest BCUT2D eigenvalue weighted by molar-refractivity contribution is 0.0596. The summed E-state index contributed by atoms with van der Waals surface area (Å²) in [6.45, 7) is 0. The van der Waals surface area contributed by atoms with Gasteiger partial charge in [-0.05, 0) is 18.2 Å². The van der Waals surface area contributed by atoms with Crippen LogP contribution in [0.1, 0.15) is 10.5 Å². The number of esters is 1. The lowest BCUT2D eigenvalue weighted by Gasteiger charge is -2.07. The van der Waals surface area contributed by atoms with Crippen LogP contribution in [0, 0.1) is 5.82 Å². The molecule has 0 atom stereocenters. The Balaban J connectivity index is 2.55. The van der Waals surface area contributed by atoms with Crippen molar-refractivity contribution in [2.24, 2.45) is 0 Å². The van der Waals surface area contributed by atoms with E-state index in [0.717, 1.165) is 0 Å². The monoisotopic (exact) mass is 269 g/mol. The first-order valence-corrected chi connectivity index (χ1v) is 5.29. The molecule has 94 valence electrons. The summed E-state index contributed by atoms with van der Waals surface area (Å²) >= 11 is 5.94. The van der Waals surface area contributed by atoms with Crippen molar-refractivity contribution in [1.29, 1.82) is 0 Å². The Hall–Kier alpha value is -2.08. The van der Waals surface area contributed by atoms with Crippen molar-refractivity contribution in [3.63, 3.8) is 0 Å². The number of halogens is 2. The molecule has 1 aromatic heterocycles. The van der Waals surface area contributed by atoms with E-state index in [1.807, 2.05) is 0 Å². The van der Waals surface area contributed by atoms with Crippen LogP contribution in [0.4, 0.5) is 10.2 Å². The number of rotatable bonds is 2. The van der Waals surface area contributed by atoms with Crippen LogP contribution in [0.25, 0.3) is 5.69 Å². The number of methoxy groups -OCH3 is 1. The van der Waals surface area contributed by atoms with Gasteiger partial charge in [0.05, 0.1) is 17.8 Å². The number of aromatic nitrogens is 2. The van der Waals surface area contributed by atoms with E-state index in [0.29, 0.717) is 5.69 Å². The molecule has 0 spiro atoms. The van der Waals surface area contributed by atoms with Gasteiger partial charge in [0.15, 0.2) is 5.69 Å². The van der Waals surface area contributed by atoms with Crippen molar-refractivity contribution in [3.05, 3.63) is 41.1 Å². The molecule has 0 aliphatic carbocycles. The highest BCUT2D eigenvalue weighted by atomic mass is 35.5. The molecule has 0 aliphatic heterocycles. The highest BCUT2D eigenvalue weighted by Gasteiger charge is 2.18. The lowest BCUT2D eigenvalue weighted by Crippen LogP contribution is -2.07. The predicted molar refractivity (Wildman–Crippen MR) is 64.3 cm³/mol. The van der Waals surface area contributed by atoms with Gasteiger partial charge in [0.25, 0.3) is 0 Å². The van der Waals surface area contributed by atoms with Crippen LogP contribution in [-0.2, 0) is 4.74 Å². The number of anilines is 1. The van der Waals surface area contributed by atoms with Gasteiger partial charge in [0, 0.05) is 0 Å². The van der Waals surface area contributed by atoms with Crippen LogP contribution in [0.15, 0.2) is 24.5 Å². The molecule has 0 amide bonds. The Morgan fingerprint density at radius 3 is 2.94 bits per heavy atom. The molecule has 0 saturated carbocycles. The predicted octanol–water partition coefficient (Wildman–Crippen LogP) is 2.03. The zero-order chi connectivity index (χ0) is 13.3. The number of carbonyl (C=O) groups is 1. The number of hydrogen-bond donors (Lipinski definition) is 1. The minimum absolute atomic E-state index is 0.0364. The topological polar surface area (TPSA) is 70.1 Å². The molecule has 0 unspecified atom stereocenters. The maximum absolute atomic E-state index is 13.2. The second kappa shape index (κ2) is 4.66. The van der Waals surface area contributed by atoms with Crippen LogP contribution >= 0.6 is 11.6 Å². The smallest absolute Gasteiger partial charge is 0.360 e. The average Bonchev–Trinajstić information content (AvgIpc) is 2.73. The number of nitrogen functional groups attached to an aromatic ring is 1. The summed E-state index contributed by atoms with van der Waals surface area (Å²) in [5, 5.41) is 0.289. The molecular weight excluding hydrogens is 261 g/mol. The summed E-state index contributed by atoms with van der Waals surface area (Å²) in [4.78, 5) is 15.2. The maximum Gasteiger partial charge on any atom is 0.360 e. The number of nitrogens with two attached hydrogens (primary N) is 1. The van der Waals surface area contributed by atoms with Crippen molar-refractivity contribution in [3.8, 4) is 5.69 Å². The summed E-state index contributed by atoms with van der Waals surface area (Å²) in [5.41, 5.74) is 6.01. The standard InChI is InChI=1S/C11H9ClFN3O2/c1-18-11(17)9-10(14)16(5-15-9)8-4-6(13)2-3-7(8)12/h2-5H,14H2,1H3. The van der Waals surface area contributed by atoms with Gasteiger partial charge in [-0.15, -0.1) is 0 Å². The molecule has 0 fully saturated rings. The first-order chi connectivity index (χ1) is 8.54. The van der Waals surface area contributed by atoms with Gasteiger partial charge >= 0.3 is 5.97 Å². The molecule has 2 aromatic rings. The second-order valence-corrected chi connectivity index (χ2v) is 3.84. The number of imidazole rings is 1. The van der Waals surface area contributed by atoms with Crippen LogP contribution < -0.4 is 5.73 Å². The van der Waals surface area contributed by atoms with Gasteiger partial charge in [0.1, 0.15) is 18.0 Å². The second-order valence-electron chi connectivity index (χ2n) is 3.44. The van der Waals surface area contributed by atoms with Gasteiger partial charge in [-0.3, -0.25) is 4.57 Å². The molecule has 1 heterocycles. The number of hydrogen-bond acceptors (Lipinski definition) is 4. The van der Waals surface area contributed by atoms with E-state index in [9.17, 15) is 9.18 Å². The number of benzene rings is 1. The molecule has 0 saturated heterocycles. The molecule has 2 rings (SSSR count). The molecule has 5 nitrogen and oxygen atoms in total. The Morgan fingerprint density at radius 2 is 2.28 bits per heavy atom. The normalized spacial score (nSPS) is 10.4. The highest BCUT2D eigenvalue weighted by Crippen LogP contribution is 2.25. The van der Waals surface area contributed by atoms with Gasteiger partial charge in [-0.25, -0.2) is 14.2 Å². The van der Waals surface area contributed by atoms with Gasteiger partial charge < -0.3 is 10.5 Å². The Labute approximate surface area is 107 Å². The van der Waals surface area contributed by atoms with E-state index < -0.39 is 11.8 Å². The molecule has 0 bridgehead atoms. The van der Waals surface area contributed by atoms with Gasteiger partial charge in [-0.2, -0.15) is 0 Å². The third kappa shape index (κ3) is 2.02.